The Morgan fingerprint density at radius 3 is 2.50 bits per heavy atom. The molecule has 0 bridgehead atoms. The van der Waals surface area contributed by atoms with Gasteiger partial charge in [-0.3, -0.25) is 9.59 Å². The number of ether oxygens (including phenoxy) is 1. The van der Waals surface area contributed by atoms with Crippen molar-refractivity contribution in [2.24, 2.45) is 11.7 Å². The van der Waals surface area contributed by atoms with E-state index < -0.39 is 0 Å². The van der Waals surface area contributed by atoms with Crippen molar-refractivity contribution >= 4 is 29.1 Å². The molecule has 1 atom stereocenters. The van der Waals surface area contributed by atoms with Crippen molar-refractivity contribution in [3.8, 4) is 5.75 Å². The Hall–Kier alpha value is -2.07. The molecular formula is C24H38ClN5O4. The van der Waals surface area contributed by atoms with Crippen LogP contribution in [0.5, 0.6) is 5.75 Å². The van der Waals surface area contributed by atoms with E-state index in [1.54, 1.807) is 12.1 Å². The molecule has 1 aromatic rings. The molecule has 34 heavy (non-hydrogen) atoms. The van der Waals surface area contributed by atoms with Crippen LogP contribution >= 0.6 is 11.6 Å². The van der Waals surface area contributed by atoms with Crippen molar-refractivity contribution in [1.29, 1.82) is 0 Å². The number of methoxy groups -OCH3 is 1. The first kappa shape index (κ1) is 26.5. The van der Waals surface area contributed by atoms with Gasteiger partial charge in [-0.25, -0.2) is 0 Å². The number of aliphatic hydroxyl groups is 1. The van der Waals surface area contributed by atoms with Crippen molar-refractivity contribution < 1.29 is 19.4 Å². The Bertz CT molecular complexity index is 839. The largest absolute Gasteiger partial charge is 0.496 e. The van der Waals surface area contributed by atoms with Gasteiger partial charge in [0.2, 0.25) is 5.91 Å². The minimum absolute atomic E-state index is 0.0837. The van der Waals surface area contributed by atoms with Gasteiger partial charge in [-0.05, 0) is 44.1 Å². The van der Waals surface area contributed by atoms with E-state index in [1.807, 2.05) is 4.90 Å². The highest BCUT2D eigenvalue weighted by atomic mass is 35.5. The van der Waals surface area contributed by atoms with Crippen LogP contribution in [0.2, 0.25) is 5.02 Å². The molecule has 0 radical (unpaired) electrons. The van der Waals surface area contributed by atoms with E-state index in [-0.39, 0.29) is 30.5 Å². The monoisotopic (exact) mass is 495 g/mol. The van der Waals surface area contributed by atoms with Gasteiger partial charge in [0.1, 0.15) is 5.75 Å². The molecule has 9 nitrogen and oxygen atoms in total. The zero-order valence-corrected chi connectivity index (χ0v) is 20.7. The second kappa shape index (κ2) is 12.6. The van der Waals surface area contributed by atoms with Crippen LogP contribution < -0.4 is 21.5 Å². The van der Waals surface area contributed by atoms with Gasteiger partial charge in [-0.2, -0.15) is 0 Å². The highest BCUT2D eigenvalue weighted by Gasteiger charge is 2.27. The molecule has 2 fully saturated rings. The third-order valence-corrected chi connectivity index (χ3v) is 7.26. The molecular weight excluding hydrogens is 458 g/mol. The molecule has 1 aromatic carbocycles. The number of aliphatic hydroxyl groups excluding tert-OH is 1. The number of rotatable bonds is 9. The minimum atomic E-state index is -0.319. The number of likely N-dealkylation sites (tertiary alicyclic amines) is 2. The minimum Gasteiger partial charge on any atom is -0.496 e. The summed E-state index contributed by atoms with van der Waals surface area (Å²) in [6, 6.07) is 2.91. The van der Waals surface area contributed by atoms with Crippen LogP contribution in [0.3, 0.4) is 0 Å². The summed E-state index contributed by atoms with van der Waals surface area (Å²) in [7, 11) is 1.51. The highest BCUT2D eigenvalue weighted by molar-refractivity contribution is 6.33. The molecule has 2 heterocycles. The van der Waals surface area contributed by atoms with E-state index in [0.717, 1.165) is 58.4 Å². The number of nitrogens with two attached hydrogens (primary N) is 2. The zero-order chi connectivity index (χ0) is 24.7. The average molecular weight is 496 g/mol. The van der Waals surface area contributed by atoms with Gasteiger partial charge >= 0.3 is 0 Å². The molecule has 190 valence electrons. The van der Waals surface area contributed by atoms with E-state index >= 15 is 0 Å². The number of amides is 2. The number of benzene rings is 1. The van der Waals surface area contributed by atoms with Gasteiger partial charge in [0.25, 0.3) is 5.91 Å². The van der Waals surface area contributed by atoms with E-state index in [2.05, 4.69) is 10.2 Å². The first-order valence-electron chi connectivity index (χ1n) is 12.1. The second-order valence-corrected chi connectivity index (χ2v) is 9.84. The molecule has 2 saturated heterocycles. The van der Waals surface area contributed by atoms with Crippen molar-refractivity contribution in [1.82, 2.24) is 15.1 Å². The van der Waals surface area contributed by atoms with Crippen molar-refractivity contribution in [2.75, 3.05) is 52.2 Å². The number of halogens is 1. The summed E-state index contributed by atoms with van der Waals surface area (Å²) in [6.07, 6.45) is 4.72. The Morgan fingerprint density at radius 2 is 1.88 bits per heavy atom. The fraction of sp³-hybridized carbons (Fsp3) is 0.667. The molecule has 3 rings (SSSR count). The standard InChI is InChI=1S/C24H38ClN5O4/c1-34-22-13-21(27)20(25)12-19(22)24(33)28-18-6-8-29(9-7-18)14-16-4-10-30(11-5-16)23(32)3-2-17(26)15-31/h12-13,16-18,31H,2-11,14-15,26-27H2,1H3,(H,28,33). The van der Waals surface area contributed by atoms with Crippen LogP contribution in [0.15, 0.2) is 12.1 Å². The summed E-state index contributed by atoms with van der Waals surface area (Å²) in [5, 5.41) is 12.5. The zero-order valence-electron chi connectivity index (χ0n) is 20.0. The Morgan fingerprint density at radius 1 is 1.21 bits per heavy atom. The number of nitrogen functional groups attached to an aromatic ring is 1. The number of nitrogens with one attached hydrogen (secondary N) is 1. The maximum Gasteiger partial charge on any atom is 0.255 e. The quantitative estimate of drug-likeness (QED) is 0.381. The van der Waals surface area contributed by atoms with Crippen molar-refractivity contribution in [3.05, 3.63) is 22.7 Å². The van der Waals surface area contributed by atoms with Gasteiger partial charge in [-0.1, -0.05) is 11.6 Å². The lowest BCUT2D eigenvalue weighted by atomic mass is 9.94. The summed E-state index contributed by atoms with van der Waals surface area (Å²) in [5.74, 6) is 0.932. The van der Waals surface area contributed by atoms with E-state index in [4.69, 9.17) is 32.9 Å². The van der Waals surface area contributed by atoms with E-state index in [9.17, 15) is 9.59 Å². The SMILES string of the molecule is COc1cc(N)c(Cl)cc1C(=O)NC1CCN(CC2CCN(C(=O)CCC(N)CO)CC2)CC1. The first-order chi connectivity index (χ1) is 16.3. The number of carbonyl (C=O) groups is 2. The van der Waals surface area contributed by atoms with Crippen LogP contribution in [0, 0.1) is 5.92 Å². The fourth-order valence-electron chi connectivity index (χ4n) is 4.73. The van der Waals surface area contributed by atoms with Crippen LogP contribution in [0.1, 0.15) is 48.9 Å². The molecule has 0 saturated carbocycles. The van der Waals surface area contributed by atoms with Gasteiger partial charge in [0, 0.05) is 57.3 Å². The topological polar surface area (TPSA) is 134 Å². The van der Waals surface area contributed by atoms with Gasteiger partial charge < -0.3 is 36.4 Å². The molecule has 0 spiro atoms. The number of hydrogen-bond acceptors (Lipinski definition) is 7. The summed E-state index contributed by atoms with van der Waals surface area (Å²) < 4.78 is 5.30. The number of carbonyl (C=O) groups excluding carboxylic acids is 2. The highest BCUT2D eigenvalue weighted by Crippen LogP contribution is 2.29. The van der Waals surface area contributed by atoms with E-state index in [1.165, 1.54) is 7.11 Å². The Labute approximate surface area is 206 Å². The molecule has 2 amide bonds. The molecule has 10 heteroatoms. The maximum atomic E-state index is 12.8. The molecule has 2 aliphatic heterocycles. The summed E-state index contributed by atoms with van der Waals surface area (Å²) in [6.45, 7) is 4.39. The number of anilines is 1. The molecule has 0 aromatic heterocycles. The lowest BCUT2D eigenvalue weighted by Crippen LogP contribution is -2.47. The lowest BCUT2D eigenvalue weighted by molar-refractivity contribution is -0.132. The number of piperidine rings is 2. The lowest BCUT2D eigenvalue weighted by Gasteiger charge is -2.38. The molecule has 2 aliphatic rings. The first-order valence-corrected chi connectivity index (χ1v) is 12.5. The average Bonchev–Trinajstić information content (AvgIpc) is 2.85. The fourth-order valence-corrected chi connectivity index (χ4v) is 4.89. The van der Waals surface area contributed by atoms with Crippen molar-refractivity contribution in [2.45, 2.75) is 50.6 Å². The van der Waals surface area contributed by atoms with Gasteiger partial charge in [-0.15, -0.1) is 0 Å². The molecule has 6 N–H and O–H groups in total. The Kier molecular flexibility index (Phi) is 9.82. The molecule has 0 aliphatic carbocycles. The van der Waals surface area contributed by atoms with Crippen LogP contribution in [0.4, 0.5) is 5.69 Å². The van der Waals surface area contributed by atoms with Gasteiger partial charge in [0.05, 0.1) is 30.0 Å². The van der Waals surface area contributed by atoms with Crippen molar-refractivity contribution in [3.63, 3.8) is 0 Å². The summed E-state index contributed by atoms with van der Waals surface area (Å²) in [5.41, 5.74) is 12.3. The van der Waals surface area contributed by atoms with Crippen LogP contribution in [0.25, 0.3) is 0 Å². The number of nitrogens with zero attached hydrogens (tertiary/aromatic N) is 2. The number of hydrogen-bond donors (Lipinski definition) is 4. The van der Waals surface area contributed by atoms with Crippen LogP contribution in [-0.2, 0) is 4.79 Å². The smallest absolute Gasteiger partial charge is 0.255 e. The maximum absolute atomic E-state index is 12.8. The summed E-state index contributed by atoms with van der Waals surface area (Å²) in [4.78, 5) is 29.5. The molecule has 1 unspecified atom stereocenters. The third kappa shape index (κ3) is 7.21. The Balaban J connectivity index is 1.39. The normalized spacial score (nSPS) is 19.1. The third-order valence-electron chi connectivity index (χ3n) is 6.93. The summed E-state index contributed by atoms with van der Waals surface area (Å²) >= 11 is 6.10. The van der Waals surface area contributed by atoms with Crippen LogP contribution in [-0.4, -0.2) is 85.2 Å². The predicted octanol–water partition coefficient (Wildman–Crippen LogP) is 1.46. The van der Waals surface area contributed by atoms with E-state index in [0.29, 0.717) is 40.8 Å². The predicted molar refractivity (Wildman–Crippen MR) is 133 cm³/mol. The second-order valence-electron chi connectivity index (χ2n) is 9.43. The van der Waals surface area contributed by atoms with Gasteiger partial charge in [0.15, 0.2) is 0 Å².